The molecule has 0 saturated heterocycles. The third-order valence-electron chi connectivity index (χ3n) is 6.04. The number of fused-ring (bicyclic) bond motifs is 1. The molecule has 4 nitrogen and oxygen atoms in total. The Morgan fingerprint density at radius 3 is 2.48 bits per heavy atom. The first-order valence-electron chi connectivity index (χ1n) is 10.3. The number of rotatable bonds is 4. The van der Waals surface area contributed by atoms with Crippen LogP contribution in [0.1, 0.15) is 29.2 Å². The first kappa shape index (κ1) is 20.7. The van der Waals surface area contributed by atoms with Gasteiger partial charge in [0.25, 0.3) is 0 Å². The molecule has 3 aromatic carbocycles. The zero-order valence-corrected chi connectivity index (χ0v) is 17.6. The van der Waals surface area contributed by atoms with Crippen LogP contribution in [-0.4, -0.2) is 24.6 Å². The number of phenols is 1. The third kappa shape index (κ3) is 3.91. The fourth-order valence-electron chi connectivity index (χ4n) is 4.36. The predicted molar refractivity (Wildman–Crippen MR) is 122 cm³/mol. The average molecular weight is 416 g/mol. The minimum Gasteiger partial charge on any atom is -0.508 e. The minimum atomic E-state index is -0.512. The monoisotopic (exact) mass is 416 g/mol. The lowest BCUT2D eigenvalue weighted by molar-refractivity contribution is -0.115. The van der Waals surface area contributed by atoms with E-state index in [1.807, 2.05) is 24.3 Å². The van der Waals surface area contributed by atoms with Crippen molar-refractivity contribution in [3.05, 3.63) is 101 Å². The Morgan fingerprint density at radius 2 is 1.81 bits per heavy atom. The van der Waals surface area contributed by atoms with Crippen LogP contribution in [0.5, 0.6) is 5.75 Å². The molecular weight excluding hydrogens is 391 g/mol. The quantitative estimate of drug-likeness (QED) is 0.611. The van der Waals surface area contributed by atoms with Crippen LogP contribution in [0.15, 0.2) is 72.8 Å². The summed E-state index contributed by atoms with van der Waals surface area (Å²) in [6, 6.07) is 20.2. The Labute approximate surface area is 181 Å². The van der Waals surface area contributed by atoms with E-state index in [-0.39, 0.29) is 17.5 Å². The minimum absolute atomic E-state index is 0.153. The Bertz CT molecular complexity index is 1120. The van der Waals surface area contributed by atoms with Crippen LogP contribution in [0, 0.1) is 5.82 Å². The van der Waals surface area contributed by atoms with Crippen molar-refractivity contribution in [1.29, 1.82) is 0 Å². The van der Waals surface area contributed by atoms with Crippen molar-refractivity contribution < 1.29 is 14.3 Å². The van der Waals surface area contributed by atoms with Crippen LogP contribution in [0.4, 0.5) is 10.1 Å². The molecular formula is C26H25FN2O2. The molecule has 5 heteroatoms. The smallest absolute Gasteiger partial charge is 0.243 e. The number of hydrogen-bond donors (Lipinski definition) is 2. The third-order valence-corrected chi connectivity index (χ3v) is 6.04. The Hall–Kier alpha value is -3.60. The van der Waals surface area contributed by atoms with Gasteiger partial charge in [-0.25, -0.2) is 4.39 Å². The fourth-order valence-corrected chi connectivity index (χ4v) is 4.36. The molecule has 0 radical (unpaired) electrons. The lowest BCUT2D eigenvalue weighted by Gasteiger charge is -2.48. The van der Waals surface area contributed by atoms with Crippen molar-refractivity contribution >= 4 is 17.7 Å². The highest BCUT2D eigenvalue weighted by molar-refractivity contribution is 5.91. The first-order chi connectivity index (χ1) is 14.9. The van der Waals surface area contributed by atoms with Crippen LogP contribution >= 0.6 is 0 Å². The Kier molecular flexibility index (Phi) is 5.51. The standard InChI is InChI=1S/C26H25FN2O2/c1-26(20-6-3-18(4-7-20)5-14-25(31)28-2)24-13-12-23(30)17-19(24)15-16-29(26)22-10-8-21(27)9-11-22/h3-14,17,30H,15-16H2,1-2H3,(H,28,31). The zero-order valence-electron chi connectivity index (χ0n) is 17.6. The van der Waals surface area contributed by atoms with Crippen molar-refractivity contribution in [3.8, 4) is 5.75 Å². The van der Waals surface area contributed by atoms with E-state index in [0.29, 0.717) is 0 Å². The van der Waals surface area contributed by atoms with Gasteiger partial charge in [-0.3, -0.25) is 4.79 Å². The second kappa shape index (κ2) is 8.26. The van der Waals surface area contributed by atoms with E-state index < -0.39 is 5.54 Å². The number of amides is 1. The van der Waals surface area contributed by atoms with Gasteiger partial charge >= 0.3 is 0 Å². The summed E-state index contributed by atoms with van der Waals surface area (Å²) >= 11 is 0. The number of phenolic OH excluding ortho intramolecular Hbond substituents is 1. The molecule has 0 spiro atoms. The SMILES string of the molecule is CNC(=O)C=Cc1ccc(C2(C)c3ccc(O)cc3CCN2c2ccc(F)cc2)cc1. The number of aromatic hydroxyl groups is 1. The number of anilines is 1. The van der Waals surface area contributed by atoms with Crippen molar-refractivity contribution in [3.63, 3.8) is 0 Å². The Morgan fingerprint density at radius 1 is 1.10 bits per heavy atom. The molecule has 1 unspecified atom stereocenters. The highest BCUT2D eigenvalue weighted by Gasteiger charge is 2.40. The summed E-state index contributed by atoms with van der Waals surface area (Å²) in [5.41, 5.74) is 4.62. The van der Waals surface area contributed by atoms with E-state index in [9.17, 15) is 14.3 Å². The summed E-state index contributed by atoms with van der Waals surface area (Å²) in [6.45, 7) is 2.89. The largest absolute Gasteiger partial charge is 0.508 e. The molecule has 0 aromatic heterocycles. The maximum absolute atomic E-state index is 13.6. The van der Waals surface area contributed by atoms with Crippen LogP contribution in [0.3, 0.4) is 0 Å². The number of nitrogens with one attached hydrogen (secondary N) is 1. The number of nitrogens with zero attached hydrogens (tertiary/aromatic N) is 1. The second-order valence-electron chi connectivity index (χ2n) is 7.86. The number of hydrogen-bond acceptors (Lipinski definition) is 3. The molecule has 1 aliphatic heterocycles. The molecule has 3 aromatic rings. The van der Waals surface area contributed by atoms with Gasteiger partial charge in [0.15, 0.2) is 0 Å². The van der Waals surface area contributed by atoms with Crippen LogP contribution in [0.2, 0.25) is 0 Å². The van der Waals surface area contributed by atoms with E-state index in [4.69, 9.17) is 0 Å². The number of carbonyl (C=O) groups is 1. The van der Waals surface area contributed by atoms with Gasteiger partial charge in [0.05, 0.1) is 5.54 Å². The molecule has 31 heavy (non-hydrogen) atoms. The van der Waals surface area contributed by atoms with Gasteiger partial charge in [-0.1, -0.05) is 30.3 Å². The van der Waals surface area contributed by atoms with E-state index in [0.717, 1.165) is 40.9 Å². The maximum atomic E-state index is 13.6. The summed E-state index contributed by atoms with van der Waals surface area (Å²) in [4.78, 5) is 13.8. The van der Waals surface area contributed by atoms with Crippen molar-refractivity contribution in [1.82, 2.24) is 5.32 Å². The molecule has 2 N–H and O–H groups in total. The summed E-state index contributed by atoms with van der Waals surface area (Å²) in [6.07, 6.45) is 4.05. The fraction of sp³-hybridized carbons (Fsp3) is 0.192. The number of halogens is 1. The van der Waals surface area contributed by atoms with Gasteiger partial charge in [-0.2, -0.15) is 0 Å². The molecule has 0 aliphatic carbocycles. The molecule has 0 saturated carbocycles. The van der Waals surface area contributed by atoms with Gasteiger partial charge in [-0.15, -0.1) is 0 Å². The maximum Gasteiger partial charge on any atom is 0.243 e. The van der Waals surface area contributed by atoms with E-state index >= 15 is 0 Å². The number of likely N-dealkylation sites (N-methyl/N-ethyl adjacent to an activating group) is 1. The second-order valence-corrected chi connectivity index (χ2v) is 7.86. The number of benzene rings is 3. The van der Waals surface area contributed by atoms with E-state index in [1.165, 1.54) is 18.2 Å². The zero-order chi connectivity index (χ0) is 22.0. The van der Waals surface area contributed by atoms with Gasteiger partial charge in [0.1, 0.15) is 11.6 Å². The first-order valence-corrected chi connectivity index (χ1v) is 10.3. The lowest BCUT2D eigenvalue weighted by atomic mass is 9.76. The molecule has 0 fully saturated rings. The summed E-state index contributed by atoms with van der Waals surface area (Å²) in [5, 5.41) is 12.6. The van der Waals surface area contributed by atoms with Gasteiger partial charge in [-0.05, 0) is 78.1 Å². The highest BCUT2D eigenvalue weighted by Crippen LogP contribution is 2.44. The molecule has 1 atom stereocenters. The summed E-state index contributed by atoms with van der Waals surface area (Å²) in [7, 11) is 1.60. The molecule has 1 heterocycles. The number of carbonyl (C=O) groups excluding carboxylic acids is 1. The van der Waals surface area contributed by atoms with Crippen LogP contribution in [0.25, 0.3) is 6.08 Å². The van der Waals surface area contributed by atoms with Crippen molar-refractivity contribution in [2.24, 2.45) is 0 Å². The van der Waals surface area contributed by atoms with Gasteiger partial charge < -0.3 is 15.3 Å². The van der Waals surface area contributed by atoms with Gasteiger partial charge in [0, 0.05) is 25.4 Å². The molecule has 1 aliphatic rings. The van der Waals surface area contributed by atoms with E-state index in [1.54, 1.807) is 31.3 Å². The molecule has 1 amide bonds. The van der Waals surface area contributed by atoms with Gasteiger partial charge in [0.2, 0.25) is 5.91 Å². The van der Waals surface area contributed by atoms with Crippen molar-refractivity contribution in [2.45, 2.75) is 18.9 Å². The summed E-state index contributed by atoms with van der Waals surface area (Å²) in [5.74, 6) is -0.161. The van der Waals surface area contributed by atoms with Crippen LogP contribution < -0.4 is 10.2 Å². The molecule has 158 valence electrons. The topological polar surface area (TPSA) is 52.6 Å². The van der Waals surface area contributed by atoms with Crippen molar-refractivity contribution in [2.75, 3.05) is 18.5 Å². The molecule has 0 bridgehead atoms. The normalized spacial score (nSPS) is 18.1. The Balaban J connectivity index is 1.80. The lowest BCUT2D eigenvalue weighted by Crippen LogP contribution is -2.49. The van der Waals surface area contributed by atoms with Crippen LogP contribution in [-0.2, 0) is 16.8 Å². The highest BCUT2D eigenvalue weighted by atomic mass is 19.1. The average Bonchev–Trinajstić information content (AvgIpc) is 2.78. The summed E-state index contributed by atoms with van der Waals surface area (Å²) < 4.78 is 13.6. The molecule has 4 rings (SSSR count). The van der Waals surface area contributed by atoms with E-state index in [2.05, 4.69) is 29.3 Å². The predicted octanol–water partition coefficient (Wildman–Crippen LogP) is 4.62.